The van der Waals surface area contributed by atoms with Gasteiger partial charge in [-0.2, -0.15) is 0 Å². The van der Waals surface area contributed by atoms with Gasteiger partial charge >= 0.3 is 0 Å². The fraction of sp³-hybridized carbons (Fsp3) is 0.207. The van der Waals surface area contributed by atoms with Crippen LogP contribution in [0.15, 0.2) is 72.8 Å². The van der Waals surface area contributed by atoms with E-state index >= 15 is 0 Å². The Labute approximate surface area is 218 Å². The highest BCUT2D eigenvalue weighted by molar-refractivity contribution is 6.32. The molecule has 188 valence electrons. The number of halogens is 2. The van der Waals surface area contributed by atoms with Gasteiger partial charge in [-0.05, 0) is 72.5 Å². The van der Waals surface area contributed by atoms with E-state index < -0.39 is 29.1 Å². The summed E-state index contributed by atoms with van der Waals surface area (Å²) in [6.07, 6.45) is 0. The fourth-order valence-corrected chi connectivity index (χ4v) is 4.91. The standard InChI is InChI=1S/C29H25ClFN3O3/c1-17(2)19-6-11-23(12-7-19)34-26(35)25-15-20-14-21(30)8-13-24(20)33(25)28(37)29(34,3)27(36)32-16-18-4-9-22(31)10-5-18/h4-15,17H,16H2,1-3H3,(H,32,36). The summed E-state index contributed by atoms with van der Waals surface area (Å²) in [5.41, 5.74) is 0.892. The molecule has 0 saturated heterocycles. The third kappa shape index (κ3) is 4.09. The average molecular weight is 518 g/mol. The largest absolute Gasteiger partial charge is 0.350 e. The van der Waals surface area contributed by atoms with Crippen LogP contribution in [0.4, 0.5) is 10.1 Å². The highest BCUT2D eigenvalue weighted by Gasteiger charge is 2.55. The third-order valence-corrected chi connectivity index (χ3v) is 7.11. The van der Waals surface area contributed by atoms with Gasteiger partial charge in [0.05, 0.1) is 5.52 Å². The molecule has 3 aromatic carbocycles. The zero-order valence-electron chi connectivity index (χ0n) is 20.6. The molecule has 1 aromatic heterocycles. The number of nitrogens with zero attached hydrogens (tertiary/aromatic N) is 2. The van der Waals surface area contributed by atoms with Gasteiger partial charge in [-0.15, -0.1) is 0 Å². The van der Waals surface area contributed by atoms with Gasteiger partial charge in [0.15, 0.2) is 0 Å². The molecule has 6 nitrogen and oxygen atoms in total. The Bertz CT molecular complexity index is 1540. The average Bonchev–Trinajstić information content (AvgIpc) is 3.26. The van der Waals surface area contributed by atoms with Crippen LogP contribution >= 0.6 is 11.6 Å². The molecule has 0 bridgehead atoms. The fourth-order valence-electron chi connectivity index (χ4n) is 4.73. The van der Waals surface area contributed by atoms with Gasteiger partial charge in [0.1, 0.15) is 11.5 Å². The van der Waals surface area contributed by atoms with Gasteiger partial charge < -0.3 is 5.32 Å². The summed E-state index contributed by atoms with van der Waals surface area (Å²) in [5.74, 6) is -1.82. The Kier molecular flexibility index (Phi) is 6.12. The van der Waals surface area contributed by atoms with Gasteiger partial charge in [-0.1, -0.05) is 49.7 Å². The van der Waals surface area contributed by atoms with Gasteiger partial charge in [0, 0.05) is 22.6 Å². The molecule has 4 aromatic rings. The maximum Gasteiger partial charge on any atom is 0.276 e. The molecule has 0 fully saturated rings. The summed E-state index contributed by atoms with van der Waals surface area (Å²) in [6, 6.07) is 19.6. The van der Waals surface area contributed by atoms with Crippen molar-refractivity contribution >= 4 is 45.9 Å². The summed E-state index contributed by atoms with van der Waals surface area (Å²) in [7, 11) is 0. The smallest absolute Gasteiger partial charge is 0.276 e. The van der Waals surface area contributed by atoms with E-state index in [0.29, 0.717) is 27.2 Å². The number of fused-ring (bicyclic) bond motifs is 3. The normalized spacial score (nSPS) is 17.4. The minimum atomic E-state index is -1.89. The SMILES string of the molecule is CC(C)c1ccc(N2C(=O)c3cc4cc(Cl)ccc4n3C(=O)C2(C)C(=O)NCc2ccc(F)cc2)cc1. The Balaban J connectivity index is 1.62. The molecule has 37 heavy (non-hydrogen) atoms. The number of carbonyl (C=O) groups is 3. The number of carbonyl (C=O) groups excluding carboxylic acids is 3. The van der Waals surface area contributed by atoms with Crippen LogP contribution in [0.5, 0.6) is 0 Å². The molecule has 1 N–H and O–H groups in total. The van der Waals surface area contributed by atoms with Crippen molar-refractivity contribution < 1.29 is 18.8 Å². The van der Waals surface area contributed by atoms with Crippen molar-refractivity contribution in [3.05, 3.63) is 100 Å². The zero-order chi connectivity index (χ0) is 26.5. The molecule has 2 heterocycles. The highest BCUT2D eigenvalue weighted by atomic mass is 35.5. The van der Waals surface area contributed by atoms with Crippen molar-refractivity contribution in [2.24, 2.45) is 0 Å². The number of anilines is 1. The number of hydrogen-bond acceptors (Lipinski definition) is 3. The molecule has 1 unspecified atom stereocenters. The van der Waals surface area contributed by atoms with Crippen molar-refractivity contribution in [3.63, 3.8) is 0 Å². The monoisotopic (exact) mass is 517 g/mol. The number of hydrogen-bond donors (Lipinski definition) is 1. The van der Waals surface area contributed by atoms with E-state index in [1.807, 2.05) is 12.1 Å². The van der Waals surface area contributed by atoms with E-state index in [2.05, 4.69) is 19.2 Å². The Morgan fingerprint density at radius 1 is 1.00 bits per heavy atom. The zero-order valence-corrected chi connectivity index (χ0v) is 21.3. The van der Waals surface area contributed by atoms with E-state index in [1.165, 1.54) is 28.5 Å². The van der Waals surface area contributed by atoms with Crippen molar-refractivity contribution in [2.45, 2.75) is 38.8 Å². The number of benzene rings is 3. The predicted molar refractivity (Wildman–Crippen MR) is 142 cm³/mol. The van der Waals surface area contributed by atoms with Crippen LogP contribution in [0, 0.1) is 5.82 Å². The molecule has 0 aliphatic carbocycles. The lowest BCUT2D eigenvalue weighted by atomic mass is 9.92. The van der Waals surface area contributed by atoms with E-state index in [1.54, 1.807) is 48.5 Å². The third-order valence-electron chi connectivity index (χ3n) is 6.88. The molecule has 1 aliphatic heterocycles. The van der Waals surface area contributed by atoms with Gasteiger partial charge in [-0.25, -0.2) is 4.39 Å². The molecule has 0 saturated carbocycles. The minimum Gasteiger partial charge on any atom is -0.350 e. The van der Waals surface area contributed by atoms with E-state index in [4.69, 9.17) is 11.6 Å². The summed E-state index contributed by atoms with van der Waals surface area (Å²) in [6.45, 7) is 5.63. The quantitative estimate of drug-likeness (QED) is 0.333. The lowest BCUT2D eigenvalue weighted by molar-refractivity contribution is -0.124. The van der Waals surface area contributed by atoms with Crippen LogP contribution in [0.25, 0.3) is 10.9 Å². The molecule has 1 atom stereocenters. The van der Waals surface area contributed by atoms with Gasteiger partial charge in [0.2, 0.25) is 5.54 Å². The van der Waals surface area contributed by atoms with Crippen LogP contribution in [-0.4, -0.2) is 27.8 Å². The van der Waals surface area contributed by atoms with Crippen molar-refractivity contribution in [1.82, 2.24) is 9.88 Å². The molecule has 8 heteroatoms. The predicted octanol–water partition coefficient (Wildman–Crippen LogP) is 5.93. The second-order valence-electron chi connectivity index (χ2n) is 9.64. The molecular weight excluding hydrogens is 493 g/mol. The van der Waals surface area contributed by atoms with Crippen molar-refractivity contribution in [1.29, 1.82) is 0 Å². The van der Waals surface area contributed by atoms with E-state index in [-0.39, 0.29) is 18.2 Å². The number of rotatable bonds is 5. The lowest BCUT2D eigenvalue weighted by Gasteiger charge is -2.42. The summed E-state index contributed by atoms with van der Waals surface area (Å²) >= 11 is 6.16. The number of aromatic nitrogens is 1. The maximum absolute atomic E-state index is 14.1. The van der Waals surface area contributed by atoms with E-state index in [9.17, 15) is 18.8 Å². The Morgan fingerprint density at radius 3 is 2.32 bits per heavy atom. The van der Waals surface area contributed by atoms with Crippen LogP contribution in [0.1, 0.15) is 53.1 Å². The second kappa shape index (κ2) is 9.16. The molecule has 5 rings (SSSR count). The van der Waals surface area contributed by atoms with Crippen LogP contribution in [0.3, 0.4) is 0 Å². The first kappa shape index (κ1) is 24.7. The van der Waals surface area contributed by atoms with Crippen LogP contribution in [0.2, 0.25) is 5.02 Å². The first-order chi connectivity index (χ1) is 17.6. The minimum absolute atomic E-state index is 0.0607. The van der Waals surface area contributed by atoms with Gasteiger partial charge in [-0.3, -0.25) is 23.9 Å². The molecule has 0 spiro atoms. The second-order valence-corrected chi connectivity index (χ2v) is 10.1. The maximum atomic E-state index is 14.1. The molecular formula is C29H25ClFN3O3. The van der Waals surface area contributed by atoms with Crippen LogP contribution in [-0.2, 0) is 11.3 Å². The van der Waals surface area contributed by atoms with Crippen LogP contribution < -0.4 is 10.2 Å². The summed E-state index contributed by atoms with van der Waals surface area (Å²) < 4.78 is 14.6. The summed E-state index contributed by atoms with van der Waals surface area (Å²) in [5, 5.41) is 3.87. The summed E-state index contributed by atoms with van der Waals surface area (Å²) in [4.78, 5) is 43.1. The van der Waals surface area contributed by atoms with Crippen molar-refractivity contribution in [2.75, 3.05) is 4.90 Å². The highest BCUT2D eigenvalue weighted by Crippen LogP contribution is 2.37. The first-order valence-electron chi connectivity index (χ1n) is 11.9. The topological polar surface area (TPSA) is 71.4 Å². The Hall–Kier alpha value is -3.97. The molecule has 0 radical (unpaired) electrons. The molecule has 2 amide bonds. The number of amides is 2. The van der Waals surface area contributed by atoms with Gasteiger partial charge in [0.25, 0.3) is 17.7 Å². The number of nitrogens with one attached hydrogen (secondary N) is 1. The van der Waals surface area contributed by atoms with Crippen molar-refractivity contribution in [3.8, 4) is 0 Å². The lowest BCUT2D eigenvalue weighted by Crippen LogP contribution is -2.68. The first-order valence-corrected chi connectivity index (χ1v) is 12.3. The Morgan fingerprint density at radius 2 is 1.68 bits per heavy atom. The van der Waals surface area contributed by atoms with E-state index in [0.717, 1.165) is 5.56 Å². The molecule has 1 aliphatic rings.